The number of methoxy groups -OCH3 is 2. The molecule has 0 radical (unpaired) electrons. The minimum Gasteiger partial charge on any atom is -0.382 e. The number of hydrogen-bond acceptors (Lipinski definition) is 7. The first-order chi connectivity index (χ1) is 14.4. The van der Waals surface area contributed by atoms with E-state index < -0.39 is 0 Å². The Morgan fingerprint density at radius 1 is 1.03 bits per heavy atom. The second-order valence-corrected chi connectivity index (χ2v) is 7.73. The number of nitrogens with two attached hydrogens (primary N) is 1. The number of fused-ring (bicyclic) bond motifs is 1. The smallest absolute Gasteiger partial charge is 0.177 e. The Morgan fingerprint density at radius 3 is 2.30 bits per heavy atom. The van der Waals surface area contributed by atoms with Crippen molar-refractivity contribution in [2.45, 2.75) is 52.6 Å². The third-order valence-electron chi connectivity index (χ3n) is 5.20. The molecule has 2 N–H and O–H groups in total. The molecule has 0 atom stereocenters. The van der Waals surface area contributed by atoms with Crippen LogP contribution in [-0.2, 0) is 22.4 Å². The van der Waals surface area contributed by atoms with Gasteiger partial charge in [-0.1, -0.05) is 20.8 Å². The molecule has 0 spiro atoms. The van der Waals surface area contributed by atoms with Crippen LogP contribution in [0.4, 0.5) is 0 Å². The number of ether oxygens (including phenoxy) is 2. The van der Waals surface area contributed by atoms with Crippen LogP contribution in [0.25, 0.3) is 22.4 Å². The molecule has 3 aromatic heterocycles. The van der Waals surface area contributed by atoms with Crippen LogP contribution in [0.2, 0.25) is 0 Å². The molecular weight excluding hydrogens is 380 g/mol. The van der Waals surface area contributed by atoms with Gasteiger partial charge in [0.2, 0.25) is 0 Å². The number of pyridine rings is 1. The van der Waals surface area contributed by atoms with Crippen LogP contribution in [0.5, 0.6) is 0 Å². The lowest BCUT2D eigenvalue weighted by atomic mass is 10.0. The highest BCUT2D eigenvalue weighted by Gasteiger charge is 2.22. The Morgan fingerprint density at radius 2 is 1.73 bits per heavy atom. The highest BCUT2D eigenvalue weighted by molar-refractivity contribution is 5.78. The molecule has 0 saturated carbocycles. The van der Waals surface area contributed by atoms with Crippen LogP contribution in [0.1, 0.15) is 55.5 Å². The van der Waals surface area contributed by atoms with Crippen LogP contribution in [0.3, 0.4) is 0 Å². The summed E-state index contributed by atoms with van der Waals surface area (Å²) in [6.45, 7) is 9.58. The van der Waals surface area contributed by atoms with Crippen molar-refractivity contribution >= 4 is 11.2 Å². The van der Waals surface area contributed by atoms with E-state index in [2.05, 4.69) is 26.8 Å². The highest BCUT2D eigenvalue weighted by atomic mass is 16.5. The lowest BCUT2D eigenvalue weighted by molar-refractivity contribution is 0.0855. The minimum atomic E-state index is -0.0762. The van der Waals surface area contributed by atoms with Crippen molar-refractivity contribution in [2.24, 2.45) is 5.73 Å². The number of aryl methyl sites for hydroxylation is 2. The fraction of sp³-hybridized carbons (Fsp3) is 0.545. The zero-order valence-corrected chi connectivity index (χ0v) is 18.8. The monoisotopic (exact) mass is 412 g/mol. The van der Waals surface area contributed by atoms with E-state index in [1.165, 1.54) is 0 Å². The Labute approximate surface area is 177 Å². The van der Waals surface area contributed by atoms with Crippen molar-refractivity contribution in [3.8, 4) is 11.3 Å². The Bertz CT molecular complexity index is 1010. The molecule has 0 saturated heterocycles. The van der Waals surface area contributed by atoms with E-state index in [0.29, 0.717) is 25.7 Å². The van der Waals surface area contributed by atoms with E-state index in [4.69, 9.17) is 35.3 Å². The highest BCUT2D eigenvalue weighted by Crippen LogP contribution is 2.29. The van der Waals surface area contributed by atoms with Gasteiger partial charge in [-0.05, 0) is 31.4 Å². The van der Waals surface area contributed by atoms with Gasteiger partial charge in [0.1, 0.15) is 11.6 Å². The summed E-state index contributed by atoms with van der Waals surface area (Å²) in [5.74, 6) is 0.336. The number of aromatic nitrogens is 5. The van der Waals surface area contributed by atoms with Crippen LogP contribution >= 0.6 is 0 Å². The molecule has 0 bridgehead atoms. The van der Waals surface area contributed by atoms with Crippen molar-refractivity contribution < 1.29 is 9.47 Å². The average Bonchev–Trinajstić information content (AvgIpc) is 3.07. The fourth-order valence-electron chi connectivity index (χ4n) is 3.62. The average molecular weight is 413 g/mol. The lowest BCUT2D eigenvalue weighted by Crippen LogP contribution is -2.21. The van der Waals surface area contributed by atoms with Crippen molar-refractivity contribution in [3.63, 3.8) is 0 Å². The van der Waals surface area contributed by atoms with E-state index in [1.54, 1.807) is 14.2 Å². The van der Waals surface area contributed by atoms with Gasteiger partial charge < -0.3 is 15.2 Å². The van der Waals surface area contributed by atoms with Gasteiger partial charge in [-0.15, -0.1) is 0 Å². The number of rotatable bonds is 9. The van der Waals surface area contributed by atoms with Crippen molar-refractivity contribution in [1.29, 1.82) is 0 Å². The molecule has 3 aromatic rings. The molecule has 0 aliphatic heterocycles. The van der Waals surface area contributed by atoms with Gasteiger partial charge in [0.15, 0.2) is 5.65 Å². The third-order valence-corrected chi connectivity index (χ3v) is 5.20. The van der Waals surface area contributed by atoms with Crippen LogP contribution in [0.15, 0.2) is 12.1 Å². The summed E-state index contributed by atoms with van der Waals surface area (Å²) >= 11 is 0. The SMILES string of the molecule is CCc1nc2c(nc1-c1ccc(C(C)C)nc1CN)c(C)nn2C(COC)COC. The standard InChI is InChI=1S/C22H32N6O2/c1-7-17-21(16-8-9-18(13(2)3)24-19(16)10-23)26-20-14(4)27-28(22(20)25-17)15(11-29-5)12-30-6/h8-9,13,15H,7,10-12,23H2,1-6H3. The molecule has 3 rings (SSSR count). The van der Waals surface area contributed by atoms with E-state index in [1.807, 2.05) is 17.7 Å². The van der Waals surface area contributed by atoms with E-state index in [-0.39, 0.29) is 6.04 Å². The van der Waals surface area contributed by atoms with Gasteiger partial charge in [-0.2, -0.15) is 5.10 Å². The van der Waals surface area contributed by atoms with Crippen LogP contribution in [-0.4, -0.2) is 52.2 Å². The summed E-state index contributed by atoms with van der Waals surface area (Å²) in [5.41, 5.74) is 12.9. The van der Waals surface area contributed by atoms with Gasteiger partial charge in [0.25, 0.3) is 0 Å². The van der Waals surface area contributed by atoms with Gasteiger partial charge >= 0.3 is 0 Å². The summed E-state index contributed by atoms with van der Waals surface area (Å²) < 4.78 is 12.6. The predicted octanol–water partition coefficient (Wildman–Crippen LogP) is 3.18. The van der Waals surface area contributed by atoms with Crippen molar-refractivity contribution in [2.75, 3.05) is 27.4 Å². The largest absolute Gasteiger partial charge is 0.382 e. The quantitative estimate of drug-likeness (QED) is 0.576. The molecule has 0 aromatic carbocycles. The van der Waals surface area contributed by atoms with Crippen molar-refractivity contribution in [3.05, 3.63) is 34.9 Å². The summed E-state index contributed by atoms with van der Waals surface area (Å²) in [5, 5.41) is 4.71. The minimum absolute atomic E-state index is 0.0762. The van der Waals surface area contributed by atoms with Crippen LogP contribution < -0.4 is 5.73 Å². The molecule has 3 heterocycles. The van der Waals surface area contributed by atoms with E-state index >= 15 is 0 Å². The van der Waals surface area contributed by atoms with Gasteiger partial charge in [-0.3, -0.25) is 4.98 Å². The van der Waals surface area contributed by atoms with Crippen molar-refractivity contribution in [1.82, 2.24) is 24.7 Å². The second-order valence-electron chi connectivity index (χ2n) is 7.73. The number of nitrogens with zero attached hydrogens (tertiary/aromatic N) is 5. The summed E-state index contributed by atoms with van der Waals surface area (Å²) in [6.07, 6.45) is 0.734. The van der Waals surface area contributed by atoms with E-state index in [9.17, 15) is 0 Å². The molecule has 0 unspecified atom stereocenters. The third kappa shape index (κ3) is 4.21. The van der Waals surface area contributed by atoms with Gasteiger partial charge in [0, 0.05) is 32.0 Å². The fourth-order valence-corrected chi connectivity index (χ4v) is 3.62. The maximum Gasteiger partial charge on any atom is 0.177 e. The molecular formula is C22H32N6O2. The maximum atomic E-state index is 6.05. The summed E-state index contributed by atoms with van der Waals surface area (Å²) in [7, 11) is 3.34. The van der Waals surface area contributed by atoms with Gasteiger partial charge in [-0.25, -0.2) is 14.6 Å². The molecule has 162 valence electrons. The Kier molecular flexibility index (Phi) is 7.12. The number of hydrogen-bond donors (Lipinski definition) is 1. The Balaban J connectivity index is 2.20. The molecule has 0 aliphatic rings. The molecule has 30 heavy (non-hydrogen) atoms. The maximum absolute atomic E-state index is 6.05. The first kappa shape index (κ1) is 22.3. The topological polar surface area (TPSA) is 101 Å². The lowest BCUT2D eigenvalue weighted by Gasteiger charge is -2.17. The summed E-state index contributed by atoms with van der Waals surface area (Å²) in [4.78, 5) is 14.7. The molecule has 8 heteroatoms. The molecule has 0 amide bonds. The first-order valence-electron chi connectivity index (χ1n) is 10.4. The van der Waals surface area contributed by atoms with Gasteiger partial charge in [0.05, 0.1) is 36.0 Å². The zero-order valence-electron chi connectivity index (χ0n) is 18.8. The van der Waals surface area contributed by atoms with E-state index in [0.717, 1.165) is 51.6 Å². The second kappa shape index (κ2) is 9.59. The van der Waals surface area contributed by atoms with Crippen LogP contribution in [0, 0.1) is 6.92 Å². The molecule has 0 aliphatic carbocycles. The Hall–Kier alpha value is -2.42. The summed E-state index contributed by atoms with van der Waals surface area (Å²) in [6, 6.07) is 4.04. The predicted molar refractivity (Wildman–Crippen MR) is 117 cm³/mol. The normalized spacial score (nSPS) is 11.9. The zero-order chi connectivity index (χ0) is 21.8. The first-order valence-corrected chi connectivity index (χ1v) is 10.4. The molecule has 8 nitrogen and oxygen atoms in total. The molecule has 0 fully saturated rings.